The summed E-state index contributed by atoms with van der Waals surface area (Å²) in [5.41, 5.74) is -1.15. The molecule has 0 bridgehead atoms. The number of rotatable bonds is 2. The van der Waals surface area contributed by atoms with Gasteiger partial charge in [-0.15, -0.1) is 0 Å². The highest BCUT2D eigenvalue weighted by Crippen LogP contribution is 2.37. The molecule has 0 aromatic rings. The van der Waals surface area contributed by atoms with E-state index in [0.717, 1.165) is 12.8 Å². The van der Waals surface area contributed by atoms with Crippen LogP contribution in [-0.2, 0) is 14.3 Å². The standard InChI is InChI=1S/C12H20N2O5/c1-9(15)13-10-3-5-12(6-4-10)18-7-11(2,8-19-12)14(16)17/h10H,3-8H2,1-2H3,(H,13,15). The Morgan fingerprint density at radius 1 is 1.32 bits per heavy atom. The van der Waals surface area contributed by atoms with E-state index in [2.05, 4.69) is 5.32 Å². The van der Waals surface area contributed by atoms with Gasteiger partial charge in [0.25, 0.3) is 5.54 Å². The first-order valence-electron chi connectivity index (χ1n) is 6.55. The first-order valence-corrected chi connectivity index (χ1v) is 6.55. The van der Waals surface area contributed by atoms with Crippen LogP contribution < -0.4 is 5.32 Å². The Hall–Kier alpha value is -1.21. The lowest BCUT2D eigenvalue weighted by molar-refractivity contribution is -0.592. The number of amides is 1. The van der Waals surface area contributed by atoms with Gasteiger partial charge in [0.15, 0.2) is 5.79 Å². The normalized spacial score (nSPS) is 38.9. The SMILES string of the molecule is CC(=O)NC1CCC2(CC1)OCC(C)([N+](=O)[O-])CO2. The monoisotopic (exact) mass is 272 g/mol. The van der Waals surface area contributed by atoms with Crippen LogP contribution in [0.15, 0.2) is 0 Å². The summed E-state index contributed by atoms with van der Waals surface area (Å²) in [5, 5.41) is 13.8. The second-order valence-electron chi connectivity index (χ2n) is 5.72. The summed E-state index contributed by atoms with van der Waals surface area (Å²) in [6, 6.07) is 0.152. The fourth-order valence-corrected chi connectivity index (χ4v) is 2.54. The number of hydrogen-bond acceptors (Lipinski definition) is 5. The Labute approximate surface area is 111 Å². The maximum atomic E-state index is 11.0. The van der Waals surface area contributed by atoms with Gasteiger partial charge in [-0.2, -0.15) is 0 Å². The number of nitrogens with zero attached hydrogens (tertiary/aromatic N) is 1. The summed E-state index contributed by atoms with van der Waals surface area (Å²) >= 11 is 0. The smallest absolute Gasteiger partial charge is 0.265 e. The first-order chi connectivity index (χ1) is 8.85. The van der Waals surface area contributed by atoms with Crippen molar-refractivity contribution in [3.63, 3.8) is 0 Å². The molecule has 0 atom stereocenters. The molecule has 108 valence electrons. The Bertz CT molecular complexity index is 366. The van der Waals surface area contributed by atoms with Crippen LogP contribution in [0.25, 0.3) is 0 Å². The van der Waals surface area contributed by atoms with Crippen LogP contribution in [0, 0.1) is 10.1 Å². The van der Waals surface area contributed by atoms with E-state index in [4.69, 9.17) is 9.47 Å². The molecule has 1 N–H and O–H groups in total. The van der Waals surface area contributed by atoms with Gasteiger partial charge >= 0.3 is 0 Å². The summed E-state index contributed by atoms with van der Waals surface area (Å²) in [6.45, 7) is 3.18. The number of carbonyl (C=O) groups is 1. The molecule has 1 saturated carbocycles. The molecular formula is C12H20N2O5. The molecule has 1 heterocycles. The summed E-state index contributed by atoms with van der Waals surface area (Å²) in [5.74, 6) is -0.725. The minimum absolute atomic E-state index is 0.0349. The minimum Gasteiger partial charge on any atom is -0.354 e. The van der Waals surface area contributed by atoms with Crippen molar-refractivity contribution in [1.29, 1.82) is 0 Å². The van der Waals surface area contributed by atoms with Gasteiger partial charge in [-0.3, -0.25) is 14.9 Å². The van der Waals surface area contributed by atoms with Crippen molar-refractivity contribution in [2.24, 2.45) is 0 Å². The van der Waals surface area contributed by atoms with Crippen molar-refractivity contribution in [3.8, 4) is 0 Å². The zero-order chi connectivity index (χ0) is 14.1. The van der Waals surface area contributed by atoms with Crippen molar-refractivity contribution in [2.75, 3.05) is 13.2 Å². The Balaban J connectivity index is 1.88. The molecule has 7 nitrogen and oxygen atoms in total. The highest BCUT2D eigenvalue weighted by molar-refractivity contribution is 5.73. The zero-order valence-corrected chi connectivity index (χ0v) is 11.3. The molecule has 1 aliphatic carbocycles. The van der Waals surface area contributed by atoms with Gasteiger partial charge in [-0.1, -0.05) is 0 Å². The molecule has 1 saturated heterocycles. The van der Waals surface area contributed by atoms with Crippen LogP contribution in [0.3, 0.4) is 0 Å². The minimum atomic E-state index is -1.15. The average molecular weight is 272 g/mol. The van der Waals surface area contributed by atoms with E-state index in [-0.39, 0.29) is 30.1 Å². The van der Waals surface area contributed by atoms with Crippen molar-refractivity contribution in [2.45, 2.75) is 56.9 Å². The van der Waals surface area contributed by atoms with E-state index in [1.54, 1.807) is 0 Å². The Kier molecular flexibility index (Phi) is 3.78. The topological polar surface area (TPSA) is 90.7 Å². The number of nitro groups is 1. The summed E-state index contributed by atoms with van der Waals surface area (Å²) in [7, 11) is 0. The van der Waals surface area contributed by atoms with E-state index in [1.807, 2.05) is 0 Å². The molecule has 0 unspecified atom stereocenters. The molecule has 0 aromatic heterocycles. The molecule has 1 amide bonds. The summed E-state index contributed by atoms with van der Waals surface area (Å²) in [6.07, 6.45) is 2.86. The zero-order valence-electron chi connectivity index (χ0n) is 11.3. The lowest BCUT2D eigenvalue weighted by Crippen LogP contribution is -2.57. The van der Waals surface area contributed by atoms with E-state index in [9.17, 15) is 14.9 Å². The van der Waals surface area contributed by atoms with Crippen molar-refractivity contribution >= 4 is 5.91 Å². The van der Waals surface area contributed by atoms with Crippen LogP contribution in [-0.4, -0.2) is 41.4 Å². The molecular weight excluding hydrogens is 252 g/mol. The lowest BCUT2D eigenvalue weighted by Gasteiger charge is -2.44. The molecule has 0 aromatic carbocycles. The van der Waals surface area contributed by atoms with Crippen LogP contribution >= 0.6 is 0 Å². The lowest BCUT2D eigenvalue weighted by atomic mass is 9.88. The van der Waals surface area contributed by atoms with Gasteiger partial charge in [0.05, 0.1) is 0 Å². The van der Waals surface area contributed by atoms with Gasteiger partial charge in [0.2, 0.25) is 5.91 Å². The van der Waals surface area contributed by atoms with Gasteiger partial charge in [-0.25, -0.2) is 0 Å². The van der Waals surface area contributed by atoms with Gasteiger partial charge < -0.3 is 14.8 Å². The molecule has 1 aliphatic heterocycles. The molecule has 1 spiro atoms. The van der Waals surface area contributed by atoms with E-state index in [0.29, 0.717) is 12.8 Å². The van der Waals surface area contributed by atoms with E-state index < -0.39 is 11.3 Å². The van der Waals surface area contributed by atoms with Crippen LogP contribution in [0.5, 0.6) is 0 Å². The van der Waals surface area contributed by atoms with Gasteiger partial charge in [0.1, 0.15) is 13.2 Å². The average Bonchev–Trinajstić information content (AvgIpc) is 2.36. The predicted molar refractivity (Wildman–Crippen MR) is 66.1 cm³/mol. The Morgan fingerprint density at radius 2 is 1.84 bits per heavy atom. The number of ether oxygens (including phenoxy) is 2. The molecule has 19 heavy (non-hydrogen) atoms. The van der Waals surface area contributed by atoms with E-state index in [1.165, 1.54) is 13.8 Å². The van der Waals surface area contributed by atoms with Crippen LogP contribution in [0.1, 0.15) is 39.5 Å². The third-order valence-electron chi connectivity index (χ3n) is 3.89. The predicted octanol–water partition coefficient (Wildman–Crippen LogP) is 0.844. The summed E-state index contributed by atoms with van der Waals surface area (Å²) in [4.78, 5) is 21.6. The molecule has 2 aliphatic rings. The Morgan fingerprint density at radius 3 is 2.26 bits per heavy atom. The highest BCUT2D eigenvalue weighted by Gasteiger charge is 2.50. The van der Waals surface area contributed by atoms with Crippen molar-refractivity contribution in [1.82, 2.24) is 5.32 Å². The largest absolute Gasteiger partial charge is 0.354 e. The number of carbonyl (C=O) groups excluding carboxylic acids is 1. The second kappa shape index (κ2) is 5.05. The van der Waals surface area contributed by atoms with Crippen LogP contribution in [0.4, 0.5) is 0 Å². The maximum absolute atomic E-state index is 11.0. The molecule has 2 fully saturated rings. The summed E-state index contributed by atoms with van der Waals surface area (Å²) < 4.78 is 11.3. The second-order valence-corrected chi connectivity index (χ2v) is 5.72. The third kappa shape index (κ3) is 3.03. The third-order valence-corrected chi connectivity index (χ3v) is 3.89. The highest BCUT2D eigenvalue weighted by atomic mass is 16.7. The van der Waals surface area contributed by atoms with E-state index >= 15 is 0 Å². The van der Waals surface area contributed by atoms with Crippen molar-refractivity contribution < 1.29 is 19.2 Å². The fraction of sp³-hybridized carbons (Fsp3) is 0.917. The quantitative estimate of drug-likeness (QED) is 0.594. The molecule has 2 rings (SSSR count). The maximum Gasteiger partial charge on any atom is 0.265 e. The van der Waals surface area contributed by atoms with Crippen molar-refractivity contribution in [3.05, 3.63) is 10.1 Å². The first kappa shape index (κ1) is 14.2. The van der Waals surface area contributed by atoms with Crippen LogP contribution in [0.2, 0.25) is 0 Å². The number of nitrogens with one attached hydrogen (secondary N) is 1. The molecule has 0 radical (unpaired) electrons. The molecule has 7 heteroatoms. The fourth-order valence-electron chi connectivity index (χ4n) is 2.54. The number of hydrogen-bond donors (Lipinski definition) is 1. The van der Waals surface area contributed by atoms with Gasteiger partial charge in [0, 0.05) is 37.7 Å². The van der Waals surface area contributed by atoms with Gasteiger partial charge in [-0.05, 0) is 12.8 Å².